The van der Waals surface area contributed by atoms with Crippen molar-refractivity contribution in [3.8, 4) is 0 Å². The van der Waals surface area contributed by atoms with E-state index >= 15 is 0 Å². The van der Waals surface area contributed by atoms with Gasteiger partial charge in [-0.1, -0.05) is 25.6 Å². The molecule has 5 heteroatoms. The van der Waals surface area contributed by atoms with Crippen LogP contribution in [0.15, 0.2) is 4.47 Å². The number of hydrogen-bond acceptors (Lipinski definition) is 3. The van der Waals surface area contributed by atoms with E-state index in [-0.39, 0.29) is 0 Å². The molecule has 3 nitrogen and oxygen atoms in total. The molecule has 0 aromatic carbocycles. The highest BCUT2D eigenvalue weighted by atomic mass is 79.9. The van der Waals surface area contributed by atoms with Crippen molar-refractivity contribution in [2.75, 3.05) is 0 Å². The molecule has 0 saturated carbocycles. The zero-order valence-corrected chi connectivity index (χ0v) is 12.8. The molecule has 1 aromatic rings. The van der Waals surface area contributed by atoms with Gasteiger partial charge in [-0.15, -0.1) is 0 Å². The zero-order chi connectivity index (χ0) is 12.7. The van der Waals surface area contributed by atoms with Crippen molar-refractivity contribution in [1.29, 1.82) is 0 Å². The van der Waals surface area contributed by atoms with Crippen molar-refractivity contribution in [3.05, 3.63) is 20.6 Å². The monoisotopic (exact) mass is 328 g/mol. The average Bonchev–Trinajstić information content (AvgIpc) is 2.97. The third-order valence-corrected chi connectivity index (χ3v) is 5.32. The summed E-state index contributed by atoms with van der Waals surface area (Å²) in [6.45, 7) is 2.17. The molecule has 0 spiro atoms. The summed E-state index contributed by atoms with van der Waals surface area (Å²) in [7, 11) is 0. The van der Waals surface area contributed by atoms with Crippen LogP contribution in [0.25, 0.3) is 0 Å². The fraction of sp³-hybridized carbons (Fsp3) is 0.692. The summed E-state index contributed by atoms with van der Waals surface area (Å²) < 4.78 is 7.53. The molecule has 1 aromatic heterocycles. The van der Waals surface area contributed by atoms with Gasteiger partial charge >= 0.3 is 0 Å². The second-order valence-corrected chi connectivity index (χ2v) is 6.37. The maximum absolute atomic E-state index is 5.90. The molecule has 0 radical (unpaired) electrons. The number of rotatable bonds is 3. The number of ether oxygens (including phenoxy) is 1. The molecule has 0 amide bonds. The Morgan fingerprint density at radius 1 is 1.50 bits per heavy atom. The predicted octanol–water partition coefficient (Wildman–Crippen LogP) is 3.89. The Balaban J connectivity index is 1.95. The first-order valence-corrected chi connectivity index (χ1v) is 7.83. The highest BCUT2D eigenvalue weighted by Gasteiger charge is 2.42. The number of nitrogens with zero attached hydrogens (tertiary/aromatic N) is 1. The number of halogens is 1. The van der Waals surface area contributed by atoms with Crippen LogP contribution in [0.5, 0.6) is 0 Å². The Bertz CT molecular complexity index is 516. The molecule has 2 saturated heterocycles. The highest BCUT2D eigenvalue weighted by Crippen LogP contribution is 2.43. The molecule has 2 fully saturated rings. The number of nitrogens with one attached hydrogen (secondary N) is 1. The van der Waals surface area contributed by atoms with Gasteiger partial charge in [0.2, 0.25) is 0 Å². The summed E-state index contributed by atoms with van der Waals surface area (Å²) in [5.41, 5.74) is 1.18. The minimum atomic E-state index is 0.351. The quantitative estimate of drug-likeness (QED) is 0.855. The van der Waals surface area contributed by atoms with Gasteiger partial charge < -0.3 is 9.72 Å². The minimum Gasteiger partial charge on any atom is -0.374 e. The molecule has 0 aliphatic carbocycles. The Hall–Kier alpha value is -0.260. The zero-order valence-electron chi connectivity index (χ0n) is 10.4. The van der Waals surface area contributed by atoms with Gasteiger partial charge in [0.05, 0.1) is 16.7 Å². The molecule has 18 heavy (non-hydrogen) atoms. The van der Waals surface area contributed by atoms with E-state index in [9.17, 15) is 0 Å². The van der Waals surface area contributed by atoms with Crippen LogP contribution in [0.2, 0.25) is 0 Å². The maximum Gasteiger partial charge on any atom is 0.144 e. The highest BCUT2D eigenvalue weighted by molar-refractivity contribution is 9.10. The lowest BCUT2D eigenvalue weighted by molar-refractivity contribution is 0.0998. The summed E-state index contributed by atoms with van der Waals surface area (Å²) in [5.74, 6) is 1.44. The number of fused-ring (bicyclic) bond motifs is 2. The van der Waals surface area contributed by atoms with Crippen LogP contribution in [0.4, 0.5) is 0 Å². The Morgan fingerprint density at radius 3 is 2.94 bits per heavy atom. The van der Waals surface area contributed by atoms with Crippen LogP contribution in [0.1, 0.15) is 50.0 Å². The van der Waals surface area contributed by atoms with Gasteiger partial charge in [0.1, 0.15) is 10.5 Å². The lowest BCUT2D eigenvalue weighted by Gasteiger charge is -2.19. The first kappa shape index (κ1) is 12.8. The molecule has 2 bridgehead atoms. The number of aryl methyl sites for hydroxylation is 1. The minimum absolute atomic E-state index is 0.351. The van der Waals surface area contributed by atoms with E-state index in [0.29, 0.717) is 22.8 Å². The standard InChI is InChI=1S/C13H17BrN2OS/c1-2-3-9-11(14)13(18)16-12(15-9)8-6-7-4-5-10(8)17-7/h7-8,10H,2-6H2,1H3,(H,15,16,18). The van der Waals surface area contributed by atoms with Crippen LogP contribution in [0.3, 0.4) is 0 Å². The van der Waals surface area contributed by atoms with E-state index in [1.807, 2.05) is 0 Å². The molecule has 2 aliphatic heterocycles. The van der Waals surface area contributed by atoms with Crippen LogP contribution in [0, 0.1) is 4.64 Å². The molecule has 2 aliphatic rings. The summed E-state index contributed by atoms with van der Waals surface area (Å²) in [5, 5.41) is 0. The average molecular weight is 329 g/mol. The third-order valence-electron chi connectivity index (χ3n) is 3.91. The van der Waals surface area contributed by atoms with Gasteiger partial charge in [0.15, 0.2) is 0 Å². The fourth-order valence-corrected chi connectivity index (χ4v) is 3.66. The van der Waals surface area contributed by atoms with Crippen LogP contribution in [-0.2, 0) is 11.2 Å². The van der Waals surface area contributed by atoms with Gasteiger partial charge in [-0.2, -0.15) is 0 Å². The first-order chi connectivity index (χ1) is 8.69. The van der Waals surface area contributed by atoms with Crippen molar-refractivity contribution >= 4 is 28.1 Å². The summed E-state index contributed by atoms with van der Waals surface area (Å²) in [6, 6.07) is 0. The van der Waals surface area contributed by atoms with Gasteiger partial charge in [0, 0.05) is 11.6 Å². The van der Waals surface area contributed by atoms with Crippen molar-refractivity contribution in [2.45, 2.75) is 57.2 Å². The first-order valence-electron chi connectivity index (χ1n) is 6.63. The van der Waals surface area contributed by atoms with Crippen LogP contribution >= 0.6 is 28.1 Å². The smallest absolute Gasteiger partial charge is 0.144 e. The molecule has 1 N–H and O–H groups in total. The number of H-pyrrole nitrogens is 1. The van der Waals surface area contributed by atoms with Gasteiger partial charge in [-0.25, -0.2) is 4.98 Å². The Morgan fingerprint density at radius 2 is 2.33 bits per heavy atom. The lowest BCUT2D eigenvalue weighted by atomic mass is 9.88. The Labute approximate surface area is 120 Å². The summed E-state index contributed by atoms with van der Waals surface area (Å²) >= 11 is 8.88. The maximum atomic E-state index is 5.90. The lowest BCUT2D eigenvalue weighted by Crippen LogP contribution is -2.18. The SMILES string of the molecule is CCCc1[nH]c(C2CC3CCC2O3)nc(=S)c1Br. The molecular weight excluding hydrogens is 312 g/mol. The van der Waals surface area contributed by atoms with Crippen molar-refractivity contribution < 1.29 is 4.74 Å². The summed E-state index contributed by atoms with van der Waals surface area (Å²) in [6.07, 6.45) is 6.36. The molecule has 98 valence electrons. The summed E-state index contributed by atoms with van der Waals surface area (Å²) in [4.78, 5) is 8.03. The van der Waals surface area contributed by atoms with E-state index in [2.05, 4.69) is 32.8 Å². The van der Waals surface area contributed by atoms with Gasteiger partial charge in [-0.3, -0.25) is 0 Å². The fourth-order valence-electron chi connectivity index (χ4n) is 3.05. The van der Waals surface area contributed by atoms with Crippen molar-refractivity contribution in [1.82, 2.24) is 9.97 Å². The van der Waals surface area contributed by atoms with E-state index in [4.69, 9.17) is 17.0 Å². The number of aromatic nitrogens is 2. The van der Waals surface area contributed by atoms with Gasteiger partial charge in [0.25, 0.3) is 0 Å². The van der Waals surface area contributed by atoms with E-state index in [1.54, 1.807) is 0 Å². The van der Waals surface area contributed by atoms with E-state index in [1.165, 1.54) is 12.1 Å². The molecule has 3 atom stereocenters. The van der Waals surface area contributed by atoms with Crippen LogP contribution < -0.4 is 0 Å². The third kappa shape index (κ3) is 2.17. The molecule has 3 unspecified atom stereocenters. The largest absolute Gasteiger partial charge is 0.374 e. The molecule has 3 heterocycles. The van der Waals surface area contributed by atoms with Crippen molar-refractivity contribution in [2.24, 2.45) is 0 Å². The number of aromatic amines is 1. The number of hydrogen-bond donors (Lipinski definition) is 1. The van der Waals surface area contributed by atoms with Crippen molar-refractivity contribution in [3.63, 3.8) is 0 Å². The van der Waals surface area contributed by atoms with E-state index in [0.717, 1.165) is 36.0 Å². The predicted molar refractivity (Wildman–Crippen MR) is 76.4 cm³/mol. The normalized spacial score (nSPS) is 30.0. The van der Waals surface area contributed by atoms with Gasteiger partial charge in [-0.05, 0) is 41.6 Å². The second kappa shape index (κ2) is 5.02. The topological polar surface area (TPSA) is 37.9 Å². The second-order valence-electron chi connectivity index (χ2n) is 5.19. The molecular formula is C13H17BrN2OS. The van der Waals surface area contributed by atoms with Crippen LogP contribution in [-0.4, -0.2) is 22.2 Å². The molecule has 3 rings (SSSR count). The van der Waals surface area contributed by atoms with E-state index < -0.39 is 0 Å². The Kier molecular flexibility index (Phi) is 3.56.